The molecule has 1 aromatic carbocycles. The molecule has 0 aliphatic rings. The highest BCUT2D eigenvalue weighted by molar-refractivity contribution is 7.18. The van der Waals surface area contributed by atoms with E-state index < -0.39 is 5.82 Å². The number of nitrogen functional groups attached to an aromatic ring is 1. The van der Waals surface area contributed by atoms with E-state index in [0.29, 0.717) is 14.9 Å². The molecule has 1 heterocycles. The van der Waals surface area contributed by atoms with Crippen LogP contribution in [0.2, 0.25) is 4.34 Å². The van der Waals surface area contributed by atoms with Crippen LogP contribution in [0.1, 0.15) is 9.67 Å². The van der Waals surface area contributed by atoms with E-state index in [1.165, 1.54) is 18.2 Å². The first kappa shape index (κ1) is 11.9. The third-order valence-electron chi connectivity index (χ3n) is 2.06. The predicted octanol–water partition coefficient (Wildman–Crippen LogP) is 3.38. The van der Waals surface area contributed by atoms with Gasteiger partial charge in [0.15, 0.2) is 0 Å². The summed E-state index contributed by atoms with van der Waals surface area (Å²) in [7, 11) is 0. The Morgan fingerprint density at radius 3 is 2.76 bits per heavy atom. The van der Waals surface area contributed by atoms with E-state index in [2.05, 4.69) is 5.32 Å². The molecule has 0 radical (unpaired) electrons. The van der Waals surface area contributed by atoms with Gasteiger partial charge in [-0.25, -0.2) is 4.39 Å². The Morgan fingerprint density at radius 1 is 1.35 bits per heavy atom. The minimum atomic E-state index is -0.460. The van der Waals surface area contributed by atoms with Crippen LogP contribution in [0.5, 0.6) is 0 Å². The first-order valence-corrected chi connectivity index (χ1v) is 5.87. The fourth-order valence-electron chi connectivity index (χ4n) is 1.26. The van der Waals surface area contributed by atoms with Gasteiger partial charge in [0.2, 0.25) is 0 Å². The summed E-state index contributed by atoms with van der Waals surface area (Å²) in [5.74, 6) is -0.821. The summed E-state index contributed by atoms with van der Waals surface area (Å²) < 4.78 is 13.5. The maximum Gasteiger partial charge on any atom is 0.265 e. The number of halogens is 2. The van der Waals surface area contributed by atoms with Gasteiger partial charge in [-0.05, 0) is 30.3 Å². The molecule has 0 aliphatic carbocycles. The number of hydrogen-bond acceptors (Lipinski definition) is 3. The van der Waals surface area contributed by atoms with Crippen molar-refractivity contribution in [3.8, 4) is 0 Å². The molecule has 1 aromatic heterocycles. The molecule has 2 rings (SSSR count). The Balaban J connectivity index is 2.21. The average molecular weight is 271 g/mol. The van der Waals surface area contributed by atoms with Gasteiger partial charge in [0.25, 0.3) is 5.91 Å². The van der Waals surface area contributed by atoms with E-state index in [-0.39, 0.29) is 11.6 Å². The van der Waals surface area contributed by atoms with Crippen LogP contribution in [0.15, 0.2) is 30.3 Å². The zero-order chi connectivity index (χ0) is 12.4. The molecule has 0 saturated carbocycles. The van der Waals surface area contributed by atoms with Crippen LogP contribution in [0.25, 0.3) is 0 Å². The van der Waals surface area contributed by atoms with Gasteiger partial charge in [-0.2, -0.15) is 0 Å². The molecule has 1 amide bonds. The monoisotopic (exact) mass is 270 g/mol. The molecule has 0 unspecified atom stereocenters. The zero-order valence-corrected chi connectivity index (χ0v) is 10.1. The number of nitrogens with two attached hydrogens (primary N) is 1. The number of hydrogen-bond donors (Lipinski definition) is 2. The SMILES string of the molecule is Nc1ccc(F)cc1NC(=O)c1ccc(Cl)s1. The fourth-order valence-corrected chi connectivity index (χ4v) is 2.20. The average Bonchev–Trinajstić information content (AvgIpc) is 2.70. The first-order chi connectivity index (χ1) is 8.06. The fraction of sp³-hybridized carbons (Fsp3) is 0. The highest BCUT2D eigenvalue weighted by Gasteiger charge is 2.10. The van der Waals surface area contributed by atoms with Crippen molar-refractivity contribution >= 4 is 40.2 Å². The summed E-state index contributed by atoms with van der Waals surface area (Å²) >= 11 is 6.86. The molecule has 6 heteroatoms. The number of rotatable bonds is 2. The lowest BCUT2D eigenvalue weighted by molar-refractivity contribution is 0.103. The van der Waals surface area contributed by atoms with Crippen LogP contribution < -0.4 is 11.1 Å². The van der Waals surface area contributed by atoms with Crippen molar-refractivity contribution in [2.24, 2.45) is 0 Å². The maximum absolute atomic E-state index is 13.0. The van der Waals surface area contributed by atoms with Crippen molar-refractivity contribution in [1.29, 1.82) is 0 Å². The van der Waals surface area contributed by atoms with Crippen LogP contribution in [-0.2, 0) is 0 Å². The van der Waals surface area contributed by atoms with Crippen molar-refractivity contribution in [3.63, 3.8) is 0 Å². The molecule has 0 spiro atoms. The largest absolute Gasteiger partial charge is 0.397 e. The first-order valence-electron chi connectivity index (χ1n) is 4.68. The van der Waals surface area contributed by atoms with Crippen LogP contribution in [-0.4, -0.2) is 5.91 Å². The second kappa shape index (κ2) is 4.73. The van der Waals surface area contributed by atoms with E-state index in [1.54, 1.807) is 12.1 Å². The molecule has 3 nitrogen and oxygen atoms in total. The molecule has 3 N–H and O–H groups in total. The van der Waals surface area contributed by atoms with Gasteiger partial charge in [0.1, 0.15) is 5.82 Å². The molecular formula is C11H8ClFN2OS. The number of nitrogens with one attached hydrogen (secondary N) is 1. The van der Waals surface area contributed by atoms with Crippen LogP contribution in [0.3, 0.4) is 0 Å². The van der Waals surface area contributed by atoms with Gasteiger partial charge in [-0.1, -0.05) is 11.6 Å². The van der Waals surface area contributed by atoms with E-state index >= 15 is 0 Å². The smallest absolute Gasteiger partial charge is 0.265 e. The van der Waals surface area contributed by atoms with Gasteiger partial charge >= 0.3 is 0 Å². The minimum Gasteiger partial charge on any atom is -0.397 e. The summed E-state index contributed by atoms with van der Waals surface area (Å²) in [6, 6.07) is 7.01. The zero-order valence-electron chi connectivity index (χ0n) is 8.54. The van der Waals surface area contributed by atoms with E-state index in [9.17, 15) is 9.18 Å². The number of anilines is 2. The third-order valence-corrected chi connectivity index (χ3v) is 3.29. The Kier molecular flexibility index (Phi) is 3.31. The molecule has 0 fully saturated rings. The standard InChI is InChI=1S/C11H8ClFN2OS/c12-10-4-3-9(17-10)11(16)15-8-5-6(13)1-2-7(8)14/h1-5H,14H2,(H,15,16). The second-order valence-corrected chi connectivity index (χ2v) is 5.00. The predicted molar refractivity (Wildman–Crippen MR) is 68.1 cm³/mol. The number of thiophene rings is 1. The minimum absolute atomic E-state index is 0.250. The van der Waals surface area contributed by atoms with Crippen LogP contribution in [0, 0.1) is 5.82 Å². The Morgan fingerprint density at radius 2 is 2.12 bits per heavy atom. The van der Waals surface area contributed by atoms with E-state index in [0.717, 1.165) is 11.3 Å². The van der Waals surface area contributed by atoms with Gasteiger partial charge in [0, 0.05) is 0 Å². The Labute approximate surface area is 106 Å². The summed E-state index contributed by atoms with van der Waals surface area (Å²) in [5.41, 5.74) is 6.17. The molecule has 17 heavy (non-hydrogen) atoms. The Hall–Kier alpha value is -1.59. The lowest BCUT2D eigenvalue weighted by Gasteiger charge is -2.06. The molecular weight excluding hydrogens is 263 g/mol. The molecule has 0 saturated heterocycles. The highest BCUT2D eigenvalue weighted by atomic mass is 35.5. The number of carbonyl (C=O) groups is 1. The number of benzene rings is 1. The number of amides is 1. The lowest BCUT2D eigenvalue weighted by Crippen LogP contribution is -2.11. The van der Waals surface area contributed by atoms with Gasteiger partial charge in [-0.15, -0.1) is 11.3 Å². The molecule has 0 aliphatic heterocycles. The van der Waals surface area contributed by atoms with Crippen molar-refractivity contribution < 1.29 is 9.18 Å². The third kappa shape index (κ3) is 2.75. The van der Waals surface area contributed by atoms with Crippen molar-refractivity contribution in [2.75, 3.05) is 11.1 Å². The summed E-state index contributed by atoms with van der Waals surface area (Å²) in [6.45, 7) is 0. The summed E-state index contributed by atoms with van der Waals surface area (Å²) in [6.07, 6.45) is 0. The van der Waals surface area contributed by atoms with E-state index in [4.69, 9.17) is 17.3 Å². The summed E-state index contributed by atoms with van der Waals surface area (Å²) in [4.78, 5) is 12.2. The van der Waals surface area contributed by atoms with Crippen LogP contribution in [0.4, 0.5) is 15.8 Å². The van der Waals surface area contributed by atoms with Crippen molar-refractivity contribution in [1.82, 2.24) is 0 Å². The Bertz CT molecular complexity index is 570. The van der Waals surface area contributed by atoms with Crippen molar-refractivity contribution in [2.45, 2.75) is 0 Å². The molecule has 0 bridgehead atoms. The van der Waals surface area contributed by atoms with Crippen LogP contribution >= 0.6 is 22.9 Å². The second-order valence-electron chi connectivity index (χ2n) is 3.29. The molecule has 0 atom stereocenters. The van der Waals surface area contributed by atoms with Gasteiger partial charge in [0.05, 0.1) is 20.6 Å². The lowest BCUT2D eigenvalue weighted by atomic mass is 10.2. The molecule has 2 aromatic rings. The van der Waals surface area contributed by atoms with Gasteiger partial charge in [-0.3, -0.25) is 4.79 Å². The quantitative estimate of drug-likeness (QED) is 0.822. The highest BCUT2D eigenvalue weighted by Crippen LogP contribution is 2.24. The molecule has 88 valence electrons. The van der Waals surface area contributed by atoms with Gasteiger partial charge < -0.3 is 11.1 Å². The topological polar surface area (TPSA) is 55.1 Å². The summed E-state index contributed by atoms with van der Waals surface area (Å²) in [5, 5.41) is 2.53. The van der Waals surface area contributed by atoms with Crippen molar-refractivity contribution in [3.05, 3.63) is 45.4 Å². The maximum atomic E-state index is 13.0. The number of carbonyl (C=O) groups excluding carboxylic acids is 1. The van der Waals surface area contributed by atoms with E-state index in [1.807, 2.05) is 0 Å². The normalized spacial score (nSPS) is 10.2.